The maximum Gasteiger partial charge on any atom is 0.106 e. The first-order valence-electron chi connectivity index (χ1n) is 6.11. The topological polar surface area (TPSA) is 20.2 Å². The van der Waals surface area contributed by atoms with Crippen molar-refractivity contribution in [1.29, 1.82) is 0 Å². The average molecular weight is 295 g/mol. The smallest absolute Gasteiger partial charge is 0.106 e. The quantitative estimate of drug-likeness (QED) is 0.826. The van der Waals surface area contributed by atoms with Crippen molar-refractivity contribution in [2.45, 2.75) is 26.9 Å². The number of aliphatic hydroxyl groups excluding tert-OH is 1. The zero-order valence-corrected chi connectivity index (χ0v) is 12.7. The molecule has 2 aromatic rings. The predicted molar refractivity (Wildman–Crippen MR) is 81.2 cm³/mol. The van der Waals surface area contributed by atoms with Crippen molar-refractivity contribution in [3.05, 3.63) is 68.2 Å². The number of halogens is 2. The Balaban J connectivity index is 2.53. The van der Waals surface area contributed by atoms with E-state index in [0.29, 0.717) is 10.0 Å². The van der Waals surface area contributed by atoms with Crippen molar-refractivity contribution >= 4 is 23.2 Å². The van der Waals surface area contributed by atoms with Gasteiger partial charge in [-0.25, -0.2) is 0 Å². The summed E-state index contributed by atoms with van der Waals surface area (Å²) < 4.78 is 0. The molecule has 0 heterocycles. The van der Waals surface area contributed by atoms with Gasteiger partial charge in [0, 0.05) is 15.6 Å². The molecule has 1 unspecified atom stereocenters. The summed E-state index contributed by atoms with van der Waals surface area (Å²) in [5.74, 6) is 0. The van der Waals surface area contributed by atoms with Crippen LogP contribution in [0.2, 0.25) is 10.0 Å². The lowest BCUT2D eigenvalue weighted by molar-refractivity contribution is 0.219. The van der Waals surface area contributed by atoms with Crippen molar-refractivity contribution in [2.24, 2.45) is 0 Å². The van der Waals surface area contributed by atoms with Crippen LogP contribution < -0.4 is 0 Å². The minimum absolute atomic E-state index is 0.613. The van der Waals surface area contributed by atoms with Gasteiger partial charge in [-0.2, -0.15) is 0 Å². The number of aliphatic hydroxyl groups is 1. The largest absolute Gasteiger partial charge is 0.384 e. The third kappa shape index (κ3) is 2.79. The zero-order valence-electron chi connectivity index (χ0n) is 11.2. The zero-order chi connectivity index (χ0) is 14.2. The van der Waals surface area contributed by atoms with Crippen LogP contribution in [-0.2, 0) is 0 Å². The minimum Gasteiger partial charge on any atom is -0.384 e. The van der Waals surface area contributed by atoms with Crippen molar-refractivity contribution in [3.63, 3.8) is 0 Å². The fourth-order valence-electron chi connectivity index (χ4n) is 2.15. The van der Waals surface area contributed by atoms with Gasteiger partial charge in [0.15, 0.2) is 0 Å². The van der Waals surface area contributed by atoms with Gasteiger partial charge in [0.25, 0.3) is 0 Å². The van der Waals surface area contributed by atoms with E-state index >= 15 is 0 Å². The lowest BCUT2D eigenvalue weighted by Gasteiger charge is -2.18. The number of aryl methyl sites for hydroxylation is 3. The van der Waals surface area contributed by atoms with Crippen LogP contribution in [0.1, 0.15) is 33.9 Å². The molecule has 0 aliphatic heterocycles. The monoisotopic (exact) mass is 294 g/mol. The number of benzene rings is 2. The Labute approximate surface area is 123 Å². The minimum atomic E-state index is -0.733. The molecule has 0 bridgehead atoms. The summed E-state index contributed by atoms with van der Waals surface area (Å²) in [6.45, 7) is 5.79. The van der Waals surface area contributed by atoms with E-state index in [0.717, 1.165) is 27.8 Å². The highest BCUT2D eigenvalue weighted by atomic mass is 35.5. The SMILES string of the molecule is Cc1cc(C(O)c2cccc(C)c2Cl)c(C)cc1Cl. The van der Waals surface area contributed by atoms with Gasteiger partial charge in [-0.05, 0) is 49.1 Å². The third-order valence-corrected chi connectivity index (χ3v) is 4.28. The highest BCUT2D eigenvalue weighted by Gasteiger charge is 2.17. The average Bonchev–Trinajstić information content (AvgIpc) is 2.36. The summed E-state index contributed by atoms with van der Waals surface area (Å²) in [4.78, 5) is 0. The molecule has 19 heavy (non-hydrogen) atoms. The molecule has 2 rings (SSSR count). The molecule has 0 spiro atoms. The summed E-state index contributed by atoms with van der Waals surface area (Å²) in [5.41, 5.74) is 4.44. The number of rotatable bonds is 2. The van der Waals surface area contributed by atoms with Gasteiger partial charge in [0.05, 0.1) is 0 Å². The van der Waals surface area contributed by atoms with Crippen LogP contribution in [0.25, 0.3) is 0 Å². The fraction of sp³-hybridized carbons (Fsp3) is 0.250. The molecule has 3 heteroatoms. The summed E-state index contributed by atoms with van der Waals surface area (Å²) in [7, 11) is 0. The Kier molecular flexibility index (Phi) is 4.19. The van der Waals surface area contributed by atoms with E-state index in [9.17, 15) is 5.11 Å². The highest BCUT2D eigenvalue weighted by Crippen LogP contribution is 2.33. The third-order valence-electron chi connectivity index (χ3n) is 3.36. The van der Waals surface area contributed by atoms with Crippen LogP contribution in [0.15, 0.2) is 30.3 Å². The lowest BCUT2D eigenvalue weighted by atomic mass is 9.95. The molecule has 0 amide bonds. The van der Waals surface area contributed by atoms with Gasteiger partial charge in [-0.15, -0.1) is 0 Å². The Morgan fingerprint density at radius 3 is 2.26 bits per heavy atom. The molecule has 1 N–H and O–H groups in total. The highest BCUT2D eigenvalue weighted by molar-refractivity contribution is 6.32. The van der Waals surface area contributed by atoms with Gasteiger partial charge in [-0.3, -0.25) is 0 Å². The molecule has 2 aromatic carbocycles. The van der Waals surface area contributed by atoms with Crippen LogP contribution in [0.4, 0.5) is 0 Å². The summed E-state index contributed by atoms with van der Waals surface area (Å²) >= 11 is 12.4. The maximum atomic E-state index is 10.6. The first kappa shape index (κ1) is 14.4. The van der Waals surface area contributed by atoms with E-state index in [1.807, 2.05) is 51.1 Å². The van der Waals surface area contributed by atoms with Crippen LogP contribution in [-0.4, -0.2) is 5.11 Å². The van der Waals surface area contributed by atoms with Crippen molar-refractivity contribution in [3.8, 4) is 0 Å². The molecule has 100 valence electrons. The van der Waals surface area contributed by atoms with Gasteiger partial charge >= 0.3 is 0 Å². The van der Waals surface area contributed by atoms with E-state index in [4.69, 9.17) is 23.2 Å². The summed E-state index contributed by atoms with van der Waals surface area (Å²) in [6.07, 6.45) is -0.733. The summed E-state index contributed by atoms with van der Waals surface area (Å²) in [6, 6.07) is 9.47. The lowest BCUT2D eigenvalue weighted by Crippen LogP contribution is -2.04. The Hall–Kier alpha value is -1.02. The molecule has 1 nitrogen and oxygen atoms in total. The van der Waals surface area contributed by atoms with E-state index < -0.39 is 6.10 Å². The summed E-state index contributed by atoms with van der Waals surface area (Å²) in [5, 5.41) is 11.9. The Morgan fingerprint density at radius 2 is 1.58 bits per heavy atom. The number of hydrogen-bond acceptors (Lipinski definition) is 1. The predicted octanol–water partition coefficient (Wildman–Crippen LogP) is 5.00. The van der Waals surface area contributed by atoms with E-state index in [2.05, 4.69) is 0 Å². The first-order chi connectivity index (χ1) is 8.91. The van der Waals surface area contributed by atoms with Gasteiger partial charge in [-0.1, -0.05) is 47.5 Å². The normalized spacial score (nSPS) is 12.5. The van der Waals surface area contributed by atoms with Gasteiger partial charge < -0.3 is 5.11 Å². The van der Waals surface area contributed by atoms with Crippen LogP contribution >= 0.6 is 23.2 Å². The van der Waals surface area contributed by atoms with Crippen molar-refractivity contribution in [1.82, 2.24) is 0 Å². The van der Waals surface area contributed by atoms with Crippen LogP contribution in [0.5, 0.6) is 0 Å². The van der Waals surface area contributed by atoms with Crippen molar-refractivity contribution in [2.75, 3.05) is 0 Å². The molecular weight excluding hydrogens is 279 g/mol. The second-order valence-electron chi connectivity index (χ2n) is 4.84. The molecule has 0 fully saturated rings. The molecule has 0 saturated carbocycles. The fourth-order valence-corrected chi connectivity index (χ4v) is 2.59. The molecule has 0 radical (unpaired) electrons. The molecule has 0 saturated heterocycles. The number of hydrogen-bond donors (Lipinski definition) is 1. The van der Waals surface area contributed by atoms with Gasteiger partial charge in [0.1, 0.15) is 6.10 Å². The van der Waals surface area contributed by atoms with E-state index in [1.165, 1.54) is 0 Å². The second kappa shape index (κ2) is 5.54. The molecule has 0 aliphatic carbocycles. The van der Waals surface area contributed by atoms with E-state index in [1.54, 1.807) is 0 Å². The van der Waals surface area contributed by atoms with E-state index in [-0.39, 0.29) is 0 Å². The maximum absolute atomic E-state index is 10.6. The van der Waals surface area contributed by atoms with Crippen molar-refractivity contribution < 1.29 is 5.11 Å². The standard InChI is InChI=1S/C16H16Cl2O/c1-9-5-4-6-12(15(9)18)16(19)13-7-11(3)14(17)8-10(13)2/h4-8,16,19H,1-3H3. The molecule has 0 aromatic heterocycles. The molecule has 1 atom stereocenters. The molecular formula is C16H16Cl2O. The van der Waals surface area contributed by atoms with Gasteiger partial charge in [0.2, 0.25) is 0 Å². The molecule has 0 aliphatic rings. The first-order valence-corrected chi connectivity index (χ1v) is 6.87. The van der Waals surface area contributed by atoms with Crippen LogP contribution in [0.3, 0.4) is 0 Å². The Morgan fingerprint density at radius 1 is 0.895 bits per heavy atom. The second-order valence-corrected chi connectivity index (χ2v) is 5.62. The Bertz CT molecular complexity index is 620. The van der Waals surface area contributed by atoms with Crippen LogP contribution in [0, 0.1) is 20.8 Å².